The van der Waals surface area contributed by atoms with Gasteiger partial charge in [0.1, 0.15) is 18.0 Å². The van der Waals surface area contributed by atoms with Crippen molar-refractivity contribution in [3.05, 3.63) is 68.8 Å². The van der Waals surface area contributed by atoms with E-state index in [0.717, 1.165) is 11.3 Å². The first kappa shape index (κ1) is 18.3. The molecule has 2 N–H and O–H groups in total. The molecule has 3 aromatic rings. The SMILES string of the molecule is COCCOc1ccc(CNc2cc3nc[nH]c(=O)c3cc2[N+](=O)[O-])cc1. The van der Waals surface area contributed by atoms with E-state index in [-0.39, 0.29) is 11.1 Å². The molecule has 0 spiro atoms. The highest BCUT2D eigenvalue weighted by Gasteiger charge is 2.17. The van der Waals surface area contributed by atoms with Gasteiger partial charge in [-0.1, -0.05) is 12.1 Å². The average Bonchev–Trinajstić information content (AvgIpc) is 2.67. The van der Waals surface area contributed by atoms with Crippen LogP contribution < -0.4 is 15.6 Å². The zero-order valence-electron chi connectivity index (χ0n) is 14.6. The molecule has 0 fully saturated rings. The highest BCUT2D eigenvalue weighted by atomic mass is 16.6. The van der Waals surface area contributed by atoms with Crippen LogP contribution in [0.3, 0.4) is 0 Å². The second-order valence-electron chi connectivity index (χ2n) is 5.71. The lowest BCUT2D eigenvalue weighted by Gasteiger charge is -2.10. The van der Waals surface area contributed by atoms with Crippen LogP contribution in [0.2, 0.25) is 0 Å². The fraction of sp³-hybridized carbons (Fsp3) is 0.222. The molecule has 0 atom stereocenters. The second kappa shape index (κ2) is 8.28. The summed E-state index contributed by atoms with van der Waals surface area (Å²) in [7, 11) is 1.61. The Bertz CT molecular complexity index is 1000. The fourth-order valence-corrected chi connectivity index (χ4v) is 2.54. The van der Waals surface area contributed by atoms with Gasteiger partial charge in [0.15, 0.2) is 0 Å². The number of aromatic amines is 1. The minimum Gasteiger partial charge on any atom is -0.491 e. The van der Waals surface area contributed by atoms with Gasteiger partial charge in [0, 0.05) is 19.7 Å². The first-order valence-corrected chi connectivity index (χ1v) is 8.19. The molecule has 0 unspecified atom stereocenters. The van der Waals surface area contributed by atoms with Crippen LogP contribution in [0.1, 0.15) is 5.56 Å². The zero-order chi connectivity index (χ0) is 19.2. The summed E-state index contributed by atoms with van der Waals surface area (Å²) >= 11 is 0. The lowest BCUT2D eigenvalue weighted by atomic mass is 10.1. The Hall–Kier alpha value is -3.46. The van der Waals surface area contributed by atoms with Gasteiger partial charge >= 0.3 is 0 Å². The number of hydrogen-bond donors (Lipinski definition) is 2. The van der Waals surface area contributed by atoms with E-state index in [0.29, 0.717) is 31.0 Å². The summed E-state index contributed by atoms with van der Waals surface area (Å²) in [5, 5.41) is 14.6. The van der Waals surface area contributed by atoms with E-state index >= 15 is 0 Å². The number of nitrogens with one attached hydrogen (secondary N) is 2. The summed E-state index contributed by atoms with van der Waals surface area (Å²) in [4.78, 5) is 29.1. The molecule has 3 rings (SSSR count). The number of nitro benzene ring substituents is 1. The van der Waals surface area contributed by atoms with Gasteiger partial charge in [-0.15, -0.1) is 0 Å². The van der Waals surface area contributed by atoms with E-state index in [1.165, 1.54) is 18.5 Å². The van der Waals surface area contributed by atoms with E-state index in [2.05, 4.69) is 15.3 Å². The van der Waals surface area contributed by atoms with Crippen molar-refractivity contribution in [2.24, 2.45) is 0 Å². The molecule has 1 heterocycles. The first-order valence-electron chi connectivity index (χ1n) is 8.19. The summed E-state index contributed by atoms with van der Waals surface area (Å²) in [6.45, 7) is 1.34. The number of rotatable bonds is 8. The van der Waals surface area contributed by atoms with E-state index in [4.69, 9.17) is 9.47 Å². The van der Waals surface area contributed by atoms with Gasteiger partial charge in [0.2, 0.25) is 0 Å². The number of hydrogen-bond acceptors (Lipinski definition) is 7. The van der Waals surface area contributed by atoms with Crippen LogP contribution >= 0.6 is 0 Å². The molecule has 27 heavy (non-hydrogen) atoms. The molecule has 0 radical (unpaired) electrons. The molecule has 0 bridgehead atoms. The Kier molecular flexibility index (Phi) is 5.62. The molecule has 9 nitrogen and oxygen atoms in total. The highest BCUT2D eigenvalue weighted by molar-refractivity contribution is 5.86. The third-order valence-electron chi connectivity index (χ3n) is 3.92. The molecule has 140 valence electrons. The number of benzene rings is 2. The Morgan fingerprint density at radius 3 is 2.70 bits per heavy atom. The van der Waals surface area contributed by atoms with Crippen LogP contribution in [0.25, 0.3) is 10.9 Å². The van der Waals surface area contributed by atoms with Crippen molar-refractivity contribution in [1.29, 1.82) is 0 Å². The van der Waals surface area contributed by atoms with Crippen molar-refractivity contribution in [3.8, 4) is 5.75 Å². The van der Waals surface area contributed by atoms with Crippen LogP contribution in [0.5, 0.6) is 5.75 Å². The number of aromatic nitrogens is 2. The summed E-state index contributed by atoms with van der Waals surface area (Å²) in [6, 6.07) is 10.1. The maximum atomic E-state index is 11.8. The van der Waals surface area contributed by atoms with Crippen molar-refractivity contribution >= 4 is 22.3 Å². The van der Waals surface area contributed by atoms with Crippen molar-refractivity contribution in [3.63, 3.8) is 0 Å². The summed E-state index contributed by atoms with van der Waals surface area (Å²) in [6.07, 6.45) is 1.27. The third-order valence-corrected chi connectivity index (χ3v) is 3.92. The smallest absolute Gasteiger partial charge is 0.293 e. The lowest BCUT2D eigenvalue weighted by molar-refractivity contribution is -0.383. The van der Waals surface area contributed by atoms with Crippen LogP contribution in [-0.2, 0) is 11.3 Å². The predicted molar refractivity (Wildman–Crippen MR) is 100 cm³/mol. The number of methoxy groups -OCH3 is 1. The second-order valence-corrected chi connectivity index (χ2v) is 5.71. The average molecular weight is 370 g/mol. The fourth-order valence-electron chi connectivity index (χ4n) is 2.54. The summed E-state index contributed by atoms with van der Waals surface area (Å²) < 4.78 is 10.4. The van der Waals surface area contributed by atoms with Gasteiger partial charge in [-0.05, 0) is 23.8 Å². The highest BCUT2D eigenvalue weighted by Crippen LogP contribution is 2.28. The maximum Gasteiger partial charge on any atom is 0.293 e. The van der Waals surface area contributed by atoms with E-state index in [1.807, 2.05) is 24.3 Å². The number of nitro groups is 1. The molecule has 0 saturated carbocycles. The maximum absolute atomic E-state index is 11.8. The number of nitrogens with zero attached hydrogens (tertiary/aromatic N) is 2. The van der Waals surface area contributed by atoms with Crippen molar-refractivity contribution < 1.29 is 14.4 Å². The van der Waals surface area contributed by atoms with Crippen molar-refractivity contribution in [1.82, 2.24) is 9.97 Å². The Morgan fingerprint density at radius 1 is 1.22 bits per heavy atom. The Balaban J connectivity index is 1.77. The van der Waals surface area contributed by atoms with Gasteiger partial charge in [0.25, 0.3) is 11.2 Å². The molecule has 0 aliphatic heterocycles. The molecule has 0 saturated heterocycles. The van der Waals surface area contributed by atoms with Crippen LogP contribution in [0.15, 0.2) is 47.5 Å². The standard InChI is InChI=1S/C18H18N4O5/c1-26-6-7-27-13-4-2-12(3-5-13)10-19-16-9-15-14(8-17(16)22(24)25)18(23)21-11-20-15/h2-5,8-9,11,19H,6-7,10H2,1H3,(H,20,21,23). The van der Waals surface area contributed by atoms with Gasteiger partial charge in [0.05, 0.1) is 28.8 Å². The van der Waals surface area contributed by atoms with E-state index in [9.17, 15) is 14.9 Å². The molecular formula is C18H18N4O5. The topological polar surface area (TPSA) is 119 Å². The summed E-state index contributed by atoms with van der Waals surface area (Å²) in [5.41, 5.74) is 1.00. The number of fused-ring (bicyclic) bond motifs is 1. The van der Waals surface area contributed by atoms with Gasteiger partial charge < -0.3 is 19.8 Å². The quantitative estimate of drug-likeness (QED) is 0.355. The molecule has 0 amide bonds. The monoisotopic (exact) mass is 370 g/mol. The van der Waals surface area contributed by atoms with Gasteiger partial charge in [-0.3, -0.25) is 14.9 Å². The van der Waals surface area contributed by atoms with Crippen LogP contribution in [0.4, 0.5) is 11.4 Å². The molecule has 0 aliphatic rings. The van der Waals surface area contributed by atoms with E-state index in [1.54, 1.807) is 7.11 Å². The molecule has 0 aliphatic carbocycles. The normalized spacial score (nSPS) is 10.7. The number of H-pyrrole nitrogens is 1. The van der Waals surface area contributed by atoms with Crippen molar-refractivity contribution in [2.75, 3.05) is 25.6 Å². The zero-order valence-corrected chi connectivity index (χ0v) is 14.6. The minimum absolute atomic E-state index is 0.173. The minimum atomic E-state index is -0.527. The summed E-state index contributed by atoms with van der Waals surface area (Å²) in [5.74, 6) is 0.718. The predicted octanol–water partition coefficient (Wildman–Crippen LogP) is 2.47. The van der Waals surface area contributed by atoms with Gasteiger partial charge in [-0.25, -0.2) is 4.98 Å². The van der Waals surface area contributed by atoms with Crippen molar-refractivity contribution in [2.45, 2.75) is 6.54 Å². The van der Waals surface area contributed by atoms with Crippen LogP contribution in [0, 0.1) is 10.1 Å². The Labute approximate surface area is 154 Å². The molecule has 1 aromatic heterocycles. The molecule has 2 aromatic carbocycles. The van der Waals surface area contributed by atoms with Gasteiger partial charge in [-0.2, -0.15) is 0 Å². The Morgan fingerprint density at radius 2 is 2.00 bits per heavy atom. The van der Waals surface area contributed by atoms with E-state index < -0.39 is 10.5 Å². The van der Waals surface area contributed by atoms with Crippen LogP contribution in [-0.4, -0.2) is 35.2 Å². The largest absolute Gasteiger partial charge is 0.491 e. The molecular weight excluding hydrogens is 352 g/mol. The third kappa shape index (κ3) is 4.39. The number of anilines is 1. The molecule has 9 heteroatoms. The first-order chi connectivity index (χ1) is 13.1. The number of ether oxygens (including phenoxy) is 2. The lowest BCUT2D eigenvalue weighted by Crippen LogP contribution is -2.09.